The van der Waals surface area contributed by atoms with Gasteiger partial charge in [0.25, 0.3) is 0 Å². The molecule has 0 aromatic heterocycles. The lowest BCUT2D eigenvalue weighted by Gasteiger charge is -2.23. The number of hydrogen-bond acceptors (Lipinski definition) is 4. The van der Waals surface area contributed by atoms with E-state index in [0.717, 1.165) is 16.4 Å². The fourth-order valence-electron chi connectivity index (χ4n) is 2.96. The van der Waals surface area contributed by atoms with E-state index in [4.69, 9.17) is 9.84 Å². The van der Waals surface area contributed by atoms with Crippen molar-refractivity contribution in [3.8, 4) is 5.75 Å². The van der Waals surface area contributed by atoms with Gasteiger partial charge in [0.15, 0.2) is 11.6 Å². The van der Waals surface area contributed by atoms with Gasteiger partial charge in [-0.2, -0.15) is 4.31 Å². The minimum absolute atomic E-state index is 0.0566. The van der Waals surface area contributed by atoms with Gasteiger partial charge < -0.3 is 9.84 Å². The second-order valence-electron chi connectivity index (χ2n) is 6.70. The number of carboxylic acids is 1. The monoisotopic (exact) mass is 447 g/mol. The van der Waals surface area contributed by atoms with E-state index in [1.165, 1.54) is 37.4 Å². The summed E-state index contributed by atoms with van der Waals surface area (Å²) in [5.41, 5.74) is 0.819. The molecule has 0 amide bonds. The van der Waals surface area contributed by atoms with Crippen LogP contribution >= 0.6 is 0 Å². The van der Waals surface area contributed by atoms with Crippen LogP contribution in [0.25, 0.3) is 0 Å². The number of methoxy groups -OCH3 is 1. The van der Waals surface area contributed by atoms with Gasteiger partial charge in [0.1, 0.15) is 5.75 Å². The zero-order valence-electron chi connectivity index (χ0n) is 16.5. The lowest BCUT2D eigenvalue weighted by Crippen LogP contribution is -2.30. The van der Waals surface area contributed by atoms with Gasteiger partial charge in [0.05, 0.1) is 17.6 Å². The molecule has 0 aliphatic rings. The van der Waals surface area contributed by atoms with Crippen LogP contribution < -0.4 is 4.74 Å². The fourth-order valence-corrected chi connectivity index (χ4v) is 4.38. The summed E-state index contributed by atoms with van der Waals surface area (Å²) in [5.74, 6) is -2.76. The standard InChI is InChI=1S/C22H19F2NO5S/c1-30-18-4-2-3-15(11-18)13-25(14-16-5-10-20(23)21(24)12-16)31(28,29)19-8-6-17(7-9-19)22(26)27/h2-12H,13-14H2,1H3,(H,26,27). The number of rotatable bonds is 8. The van der Waals surface area contributed by atoms with Gasteiger partial charge in [-0.15, -0.1) is 0 Å². The van der Waals surface area contributed by atoms with Crippen LogP contribution in [-0.4, -0.2) is 30.9 Å². The molecular weight excluding hydrogens is 428 g/mol. The minimum Gasteiger partial charge on any atom is -0.497 e. The van der Waals surface area contributed by atoms with E-state index in [1.54, 1.807) is 24.3 Å². The van der Waals surface area contributed by atoms with Crippen molar-refractivity contribution in [3.05, 3.63) is 95.1 Å². The molecule has 3 aromatic rings. The highest BCUT2D eigenvalue weighted by molar-refractivity contribution is 7.89. The van der Waals surface area contributed by atoms with Gasteiger partial charge in [0, 0.05) is 13.1 Å². The Labute approximate surface area is 178 Å². The molecule has 0 aliphatic carbocycles. The number of ether oxygens (including phenoxy) is 1. The van der Waals surface area contributed by atoms with Crippen LogP contribution in [0.5, 0.6) is 5.75 Å². The molecule has 0 heterocycles. The van der Waals surface area contributed by atoms with Crippen molar-refractivity contribution in [1.82, 2.24) is 4.31 Å². The van der Waals surface area contributed by atoms with Crippen molar-refractivity contribution in [2.75, 3.05) is 7.11 Å². The number of nitrogens with zero attached hydrogens (tertiary/aromatic N) is 1. The smallest absolute Gasteiger partial charge is 0.335 e. The SMILES string of the molecule is COc1cccc(CN(Cc2ccc(F)c(F)c2)S(=O)(=O)c2ccc(C(=O)O)cc2)c1. The molecule has 0 saturated carbocycles. The maximum Gasteiger partial charge on any atom is 0.335 e. The van der Waals surface area contributed by atoms with Gasteiger partial charge in [0.2, 0.25) is 10.0 Å². The molecule has 0 spiro atoms. The van der Waals surface area contributed by atoms with Gasteiger partial charge in [-0.3, -0.25) is 0 Å². The molecule has 0 unspecified atom stereocenters. The fraction of sp³-hybridized carbons (Fsp3) is 0.136. The Bertz CT molecular complexity index is 1200. The predicted octanol–water partition coefficient (Wildman–Crippen LogP) is 4.06. The number of carbonyl (C=O) groups is 1. The quantitative estimate of drug-likeness (QED) is 0.563. The Morgan fingerprint density at radius 3 is 2.16 bits per heavy atom. The molecule has 31 heavy (non-hydrogen) atoms. The molecule has 3 aromatic carbocycles. The Morgan fingerprint density at radius 2 is 1.58 bits per heavy atom. The molecule has 9 heteroatoms. The van der Waals surface area contributed by atoms with Crippen molar-refractivity contribution < 1.29 is 31.8 Å². The maximum absolute atomic E-state index is 13.7. The summed E-state index contributed by atoms with van der Waals surface area (Å²) >= 11 is 0. The predicted molar refractivity (Wildman–Crippen MR) is 109 cm³/mol. The molecule has 0 atom stereocenters. The van der Waals surface area contributed by atoms with Crippen LogP contribution in [0.4, 0.5) is 8.78 Å². The lowest BCUT2D eigenvalue weighted by atomic mass is 10.2. The van der Waals surface area contributed by atoms with E-state index in [1.807, 2.05) is 0 Å². The molecule has 0 radical (unpaired) electrons. The molecule has 0 bridgehead atoms. The second kappa shape index (κ2) is 9.23. The Hall–Kier alpha value is -3.30. The summed E-state index contributed by atoms with van der Waals surface area (Å²) in [5, 5.41) is 9.04. The number of hydrogen-bond donors (Lipinski definition) is 1. The number of benzene rings is 3. The van der Waals surface area contributed by atoms with E-state index in [-0.39, 0.29) is 29.1 Å². The van der Waals surface area contributed by atoms with Gasteiger partial charge in [-0.25, -0.2) is 22.0 Å². The summed E-state index contributed by atoms with van der Waals surface area (Å²) in [4.78, 5) is 10.9. The number of carboxylic acid groups (broad SMARTS) is 1. The number of aromatic carboxylic acids is 1. The van der Waals surface area contributed by atoms with E-state index in [9.17, 15) is 22.0 Å². The van der Waals surface area contributed by atoms with E-state index in [0.29, 0.717) is 11.3 Å². The third-order valence-corrected chi connectivity index (χ3v) is 6.38. The zero-order chi connectivity index (χ0) is 22.6. The Balaban J connectivity index is 2.00. The van der Waals surface area contributed by atoms with Crippen molar-refractivity contribution in [2.24, 2.45) is 0 Å². The zero-order valence-corrected chi connectivity index (χ0v) is 17.3. The van der Waals surface area contributed by atoms with E-state index < -0.39 is 27.6 Å². The van der Waals surface area contributed by atoms with Crippen LogP contribution in [0.1, 0.15) is 21.5 Å². The van der Waals surface area contributed by atoms with Gasteiger partial charge >= 0.3 is 5.97 Å². The summed E-state index contributed by atoms with van der Waals surface area (Å²) in [6.07, 6.45) is 0. The maximum atomic E-state index is 13.7. The highest BCUT2D eigenvalue weighted by Gasteiger charge is 2.26. The third kappa shape index (κ3) is 5.25. The highest BCUT2D eigenvalue weighted by atomic mass is 32.2. The minimum atomic E-state index is -4.10. The largest absolute Gasteiger partial charge is 0.497 e. The van der Waals surface area contributed by atoms with Crippen molar-refractivity contribution in [2.45, 2.75) is 18.0 Å². The summed E-state index contributed by atoms with van der Waals surface area (Å²) < 4.78 is 59.9. The van der Waals surface area contributed by atoms with Gasteiger partial charge in [-0.1, -0.05) is 18.2 Å². The van der Waals surface area contributed by atoms with Crippen LogP contribution in [-0.2, 0) is 23.1 Å². The van der Waals surface area contributed by atoms with Crippen molar-refractivity contribution >= 4 is 16.0 Å². The summed E-state index contributed by atoms with van der Waals surface area (Å²) in [6, 6.07) is 14.8. The lowest BCUT2D eigenvalue weighted by molar-refractivity contribution is 0.0696. The molecule has 0 fully saturated rings. The van der Waals surface area contributed by atoms with Crippen LogP contribution in [0.2, 0.25) is 0 Å². The normalized spacial score (nSPS) is 11.5. The average Bonchev–Trinajstić information content (AvgIpc) is 2.76. The molecule has 162 valence electrons. The molecule has 6 nitrogen and oxygen atoms in total. The van der Waals surface area contributed by atoms with Gasteiger partial charge in [-0.05, 0) is 59.7 Å². The second-order valence-corrected chi connectivity index (χ2v) is 8.64. The highest BCUT2D eigenvalue weighted by Crippen LogP contribution is 2.24. The van der Waals surface area contributed by atoms with Crippen LogP contribution in [0, 0.1) is 11.6 Å². The Morgan fingerprint density at radius 1 is 0.935 bits per heavy atom. The molecule has 1 N–H and O–H groups in total. The van der Waals surface area contributed by atoms with Crippen LogP contribution in [0.15, 0.2) is 71.6 Å². The van der Waals surface area contributed by atoms with Crippen LogP contribution in [0.3, 0.4) is 0 Å². The average molecular weight is 447 g/mol. The molecular formula is C22H19F2NO5S. The third-order valence-electron chi connectivity index (χ3n) is 4.58. The number of sulfonamides is 1. The summed E-state index contributed by atoms with van der Waals surface area (Å²) in [6.45, 7) is -0.295. The molecule has 0 aliphatic heterocycles. The van der Waals surface area contributed by atoms with E-state index in [2.05, 4.69) is 0 Å². The first-order valence-corrected chi connectivity index (χ1v) is 10.5. The first-order chi connectivity index (χ1) is 14.7. The summed E-state index contributed by atoms with van der Waals surface area (Å²) in [7, 11) is -2.61. The number of halogens is 2. The first kappa shape index (κ1) is 22.4. The Kier molecular flexibility index (Phi) is 6.67. The van der Waals surface area contributed by atoms with E-state index >= 15 is 0 Å². The molecule has 0 saturated heterocycles. The molecule has 3 rings (SSSR count). The first-order valence-electron chi connectivity index (χ1n) is 9.11. The topological polar surface area (TPSA) is 83.9 Å². The van der Waals surface area contributed by atoms with Crippen molar-refractivity contribution in [1.29, 1.82) is 0 Å². The van der Waals surface area contributed by atoms with Crippen molar-refractivity contribution in [3.63, 3.8) is 0 Å².